The fourth-order valence-electron chi connectivity index (χ4n) is 3.09. The number of ether oxygens (including phenoxy) is 1. The van der Waals surface area contributed by atoms with Crippen LogP contribution in [0.5, 0.6) is 5.75 Å². The van der Waals surface area contributed by atoms with Crippen LogP contribution < -0.4 is 15.4 Å². The summed E-state index contributed by atoms with van der Waals surface area (Å²) in [5, 5.41) is 5.73. The molecule has 1 heterocycles. The summed E-state index contributed by atoms with van der Waals surface area (Å²) in [6.45, 7) is 1.64. The molecule has 1 amide bonds. The van der Waals surface area contributed by atoms with Gasteiger partial charge in [-0.3, -0.25) is 9.79 Å². The number of piperidine rings is 1. The minimum Gasteiger partial charge on any atom is -0.405 e. The molecule has 0 aromatic heterocycles. The lowest BCUT2D eigenvalue weighted by atomic mass is 9.93. The molecule has 0 aliphatic carbocycles. The topological polar surface area (TPSA) is 66.0 Å². The average Bonchev–Trinajstić information content (AvgIpc) is 2.63. The molecule has 1 aromatic carbocycles. The van der Waals surface area contributed by atoms with Crippen molar-refractivity contribution in [2.45, 2.75) is 32.2 Å². The molecular weight excluding hydrogens is 361 g/mol. The summed E-state index contributed by atoms with van der Waals surface area (Å²) in [5.41, 5.74) is 0.394. The Morgan fingerprint density at radius 3 is 2.56 bits per heavy atom. The molecular formula is C18H25F3N4O2. The van der Waals surface area contributed by atoms with Crippen LogP contribution in [0.1, 0.15) is 24.8 Å². The van der Waals surface area contributed by atoms with Crippen molar-refractivity contribution in [3.05, 3.63) is 29.8 Å². The van der Waals surface area contributed by atoms with E-state index in [2.05, 4.69) is 20.4 Å². The second-order valence-corrected chi connectivity index (χ2v) is 6.36. The van der Waals surface area contributed by atoms with Crippen LogP contribution in [0.4, 0.5) is 13.2 Å². The lowest BCUT2D eigenvalue weighted by Crippen LogP contribution is -2.45. The molecule has 0 unspecified atom stereocenters. The number of hydrogen-bond acceptors (Lipinski definition) is 3. The third-order valence-electron chi connectivity index (χ3n) is 4.51. The minimum absolute atomic E-state index is 0.0391. The number of benzene rings is 1. The third-order valence-corrected chi connectivity index (χ3v) is 4.51. The van der Waals surface area contributed by atoms with Crippen molar-refractivity contribution >= 4 is 11.9 Å². The van der Waals surface area contributed by atoms with Gasteiger partial charge in [0.2, 0.25) is 5.91 Å². The van der Waals surface area contributed by atoms with Gasteiger partial charge in [0.15, 0.2) is 5.96 Å². The second-order valence-electron chi connectivity index (χ2n) is 6.36. The largest absolute Gasteiger partial charge is 0.573 e. The van der Waals surface area contributed by atoms with E-state index in [9.17, 15) is 18.0 Å². The first-order valence-electron chi connectivity index (χ1n) is 8.82. The van der Waals surface area contributed by atoms with Crippen LogP contribution in [0, 0.1) is 5.92 Å². The van der Waals surface area contributed by atoms with Gasteiger partial charge in [-0.15, -0.1) is 13.2 Å². The van der Waals surface area contributed by atoms with Crippen molar-refractivity contribution in [2.24, 2.45) is 10.9 Å². The van der Waals surface area contributed by atoms with Crippen LogP contribution in [-0.2, 0) is 11.3 Å². The third kappa shape index (κ3) is 6.65. The summed E-state index contributed by atoms with van der Waals surface area (Å²) in [5.74, 6) is 0.768. The van der Waals surface area contributed by atoms with E-state index >= 15 is 0 Å². The number of hydrogen-bond donors (Lipinski definition) is 2. The lowest BCUT2D eigenvalue weighted by molar-refractivity contribution is -0.274. The number of para-hydroxylation sites is 1. The number of alkyl halides is 3. The maximum absolute atomic E-state index is 12.5. The zero-order chi connectivity index (χ0) is 19.9. The van der Waals surface area contributed by atoms with Gasteiger partial charge in [-0.25, -0.2) is 0 Å². The average molecular weight is 386 g/mol. The smallest absolute Gasteiger partial charge is 0.405 e. The Morgan fingerprint density at radius 2 is 1.96 bits per heavy atom. The molecule has 2 N–H and O–H groups in total. The van der Waals surface area contributed by atoms with Crippen molar-refractivity contribution in [3.63, 3.8) is 0 Å². The first kappa shape index (κ1) is 20.9. The molecule has 1 aliphatic heterocycles. The SMILES string of the molecule is CN=C(NCc1ccccc1OC(F)(F)F)N1CCC(CC(=O)NC)CC1. The Labute approximate surface area is 156 Å². The number of nitrogens with zero attached hydrogens (tertiary/aromatic N) is 2. The standard InChI is InChI=1S/C18H25F3N4O2/c1-22-16(26)11-13-7-9-25(10-8-13)17(23-2)24-12-14-5-3-4-6-15(14)27-18(19,20)21/h3-6,13H,7-12H2,1-2H3,(H,22,26)(H,23,24). The summed E-state index contributed by atoms with van der Waals surface area (Å²) in [4.78, 5) is 17.8. The zero-order valence-corrected chi connectivity index (χ0v) is 15.5. The summed E-state index contributed by atoms with van der Waals surface area (Å²) in [6, 6.07) is 6.03. The lowest BCUT2D eigenvalue weighted by Gasteiger charge is -2.34. The molecule has 1 aromatic rings. The molecule has 0 radical (unpaired) electrons. The molecule has 1 aliphatic rings. The number of carbonyl (C=O) groups excluding carboxylic acids is 1. The molecule has 0 bridgehead atoms. The van der Waals surface area contributed by atoms with Crippen molar-refractivity contribution in [3.8, 4) is 5.75 Å². The van der Waals surface area contributed by atoms with E-state index in [4.69, 9.17) is 0 Å². The molecule has 1 saturated heterocycles. The van der Waals surface area contributed by atoms with Crippen molar-refractivity contribution in [1.29, 1.82) is 0 Å². The number of halogens is 3. The van der Waals surface area contributed by atoms with Crippen LogP contribution in [0.2, 0.25) is 0 Å². The van der Waals surface area contributed by atoms with E-state index in [0.29, 0.717) is 23.9 Å². The molecule has 0 spiro atoms. The first-order valence-corrected chi connectivity index (χ1v) is 8.82. The van der Waals surface area contributed by atoms with Crippen molar-refractivity contribution in [2.75, 3.05) is 27.2 Å². The number of aliphatic imine (C=N–C) groups is 1. The van der Waals surface area contributed by atoms with Gasteiger partial charge in [-0.2, -0.15) is 0 Å². The van der Waals surface area contributed by atoms with E-state index in [0.717, 1.165) is 25.9 Å². The van der Waals surface area contributed by atoms with Gasteiger partial charge >= 0.3 is 6.36 Å². The fraction of sp³-hybridized carbons (Fsp3) is 0.556. The molecule has 0 atom stereocenters. The first-order chi connectivity index (χ1) is 12.8. The molecule has 9 heteroatoms. The number of guanidine groups is 1. The van der Waals surface area contributed by atoms with Crippen LogP contribution in [0.25, 0.3) is 0 Å². The second kappa shape index (κ2) is 9.48. The number of amides is 1. The molecule has 6 nitrogen and oxygen atoms in total. The highest BCUT2D eigenvalue weighted by atomic mass is 19.4. The summed E-state index contributed by atoms with van der Waals surface area (Å²) >= 11 is 0. The summed E-state index contributed by atoms with van der Waals surface area (Å²) in [7, 11) is 3.26. The van der Waals surface area contributed by atoms with Gasteiger partial charge in [-0.05, 0) is 24.8 Å². The van der Waals surface area contributed by atoms with Gasteiger partial charge in [0.1, 0.15) is 5.75 Å². The van der Waals surface area contributed by atoms with Gasteiger partial charge in [0.05, 0.1) is 0 Å². The van der Waals surface area contributed by atoms with E-state index in [1.807, 2.05) is 4.90 Å². The normalized spacial score (nSPS) is 16.2. The van der Waals surface area contributed by atoms with Crippen LogP contribution in [0.15, 0.2) is 29.3 Å². The minimum atomic E-state index is -4.73. The highest BCUT2D eigenvalue weighted by Crippen LogP contribution is 2.26. The van der Waals surface area contributed by atoms with Crippen LogP contribution >= 0.6 is 0 Å². The summed E-state index contributed by atoms with van der Waals surface area (Å²) in [6.07, 6.45) is -2.49. The fourth-order valence-corrected chi connectivity index (χ4v) is 3.09. The molecule has 27 heavy (non-hydrogen) atoms. The molecule has 150 valence electrons. The predicted octanol–water partition coefficient (Wildman–Crippen LogP) is 2.51. The summed E-state index contributed by atoms with van der Waals surface area (Å²) < 4.78 is 41.7. The number of likely N-dealkylation sites (tertiary alicyclic amines) is 1. The van der Waals surface area contributed by atoms with Crippen LogP contribution in [-0.4, -0.2) is 50.3 Å². The Morgan fingerprint density at radius 1 is 1.30 bits per heavy atom. The number of nitrogens with one attached hydrogen (secondary N) is 2. The van der Waals surface area contributed by atoms with Crippen molar-refractivity contribution in [1.82, 2.24) is 15.5 Å². The highest BCUT2D eigenvalue weighted by Gasteiger charge is 2.32. The Balaban J connectivity index is 1.91. The van der Waals surface area contributed by atoms with Gasteiger partial charge in [-0.1, -0.05) is 18.2 Å². The predicted molar refractivity (Wildman–Crippen MR) is 96.3 cm³/mol. The van der Waals surface area contributed by atoms with Gasteiger partial charge in [0, 0.05) is 45.7 Å². The maximum Gasteiger partial charge on any atom is 0.573 e. The maximum atomic E-state index is 12.5. The Bertz CT molecular complexity index is 656. The van der Waals surface area contributed by atoms with E-state index in [-0.39, 0.29) is 18.2 Å². The van der Waals surface area contributed by atoms with E-state index < -0.39 is 6.36 Å². The molecule has 2 rings (SSSR count). The highest BCUT2D eigenvalue weighted by molar-refractivity contribution is 5.80. The van der Waals surface area contributed by atoms with Crippen molar-refractivity contribution < 1.29 is 22.7 Å². The van der Waals surface area contributed by atoms with Gasteiger partial charge in [0.25, 0.3) is 0 Å². The van der Waals surface area contributed by atoms with E-state index in [1.165, 1.54) is 12.1 Å². The van der Waals surface area contributed by atoms with Gasteiger partial charge < -0.3 is 20.3 Å². The van der Waals surface area contributed by atoms with Crippen LogP contribution in [0.3, 0.4) is 0 Å². The monoisotopic (exact) mass is 386 g/mol. The number of carbonyl (C=O) groups is 1. The Hall–Kier alpha value is -2.45. The quantitative estimate of drug-likeness (QED) is 0.603. The zero-order valence-electron chi connectivity index (χ0n) is 15.5. The Kier molecular flexibility index (Phi) is 7.32. The molecule has 0 saturated carbocycles. The molecule has 1 fully saturated rings. The van der Waals surface area contributed by atoms with E-state index in [1.54, 1.807) is 26.2 Å². The number of rotatable bonds is 5.